The van der Waals surface area contributed by atoms with Crippen molar-refractivity contribution in [2.24, 2.45) is 10.2 Å². The van der Waals surface area contributed by atoms with Crippen LogP contribution in [0.4, 0.5) is 0 Å². The van der Waals surface area contributed by atoms with Crippen molar-refractivity contribution in [3.05, 3.63) is 59.2 Å². The molecule has 7 heteroatoms. The summed E-state index contributed by atoms with van der Waals surface area (Å²) >= 11 is 1.41. The van der Waals surface area contributed by atoms with Crippen LogP contribution in [-0.2, 0) is 11.2 Å². The highest BCUT2D eigenvalue weighted by atomic mass is 32.2. The number of unbranched alkanes of at least 4 members (excludes halogenated alkanes) is 1. The van der Waals surface area contributed by atoms with Crippen molar-refractivity contribution in [1.29, 1.82) is 0 Å². The first-order chi connectivity index (χ1) is 15.5. The van der Waals surface area contributed by atoms with Crippen LogP contribution in [0.2, 0.25) is 0 Å². The lowest BCUT2D eigenvalue weighted by molar-refractivity contribution is -0.118. The zero-order valence-electron chi connectivity index (χ0n) is 19.1. The Morgan fingerprint density at radius 1 is 1.16 bits per heavy atom. The molecule has 0 radical (unpaired) electrons. The number of amidine groups is 1. The minimum absolute atomic E-state index is 0.0351. The van der Waals surface area contributed by atoms with Gasteiger partial charge in [0, 0.05) is 0 Å². The molecule has 32 heavy (non-hydrogen) atoms. The summed E-state index contributed by atoms with van der Waals surface area (Å²) in [4.78, 5) is 12.3. The summed E-state index contributed by atoms with van der Waals surface area (Å²) < 4.78 is 11.2. The normalized spacial score (nSPS) is 17.3. The molecule has 3 rings (SSSR count). The van der Waals surface area contributed by atoms with Crippen LogP contribution in [0.1, 0.15) is 56.2 Å². The number of rotatable bonds is 10. The maximum atomic E-state index is 12.3. The molecule has 2 aromatic carbocycles. The van der Waals surface area contributed by atoms with Gasteiger partial charge >= 0.3 is 0 Å². The maximum Gasteiger partial charge on any atom is 0.239 e. The third kappa shape index (κ3) is 6.60. The zero-order valence-corrected chi connectivity index (χ0v) is 19.9. The van der Waals surface area contributed by atoms with Crippen molar-refractivity contribution in [1.82, 2.24) is 5.32 Å². The quantitative estimate of drug-likeness (QED) is 0.306. The van der Waals surface area contributed by atoms with Gasteiger partial charge in [-0.25, -0.2) is 0 Å². The third-order valence-corrected chi connectivity index (χ3v) is 6.21. The molecule has 0 aliphatic carbocycles. The maximum absolute atomic E-state index is 12.3. The van der Waals surface area contributed by atoms with E-state index in [4.69, 9.17) is 9.47 Å². The summed E-state index contributed by atoms with van der Waals surface area (Å²) in [6.45, 7) is 7.13. The molecule has 6 nitrogen and oxygen atoms in total. The SMILES string of the molecule is CCCCOc1ccc(C=NN=C2NC(=O)C(Cc3ccc(C(C)C)cc3)S2)cc1OC. The number of carbonyl (C=O) groups is 1. The summed E-state index contributed by atoms with van der Waals surface area (Å²) in [6.07, 6.45) is 4.37. The van der Waals surface area contributed by atoms with Gasteiger partial charge in [-0.15, -0.1) is 5.10 Å². The Kier molecular flexibility index (Phi) is 8.73. The van der Waals surface area contributed by atoms with E-state index in [9.17, 15) is 4.79 Å². The average Bonchev–Trinajstić information content (AvgIpc) is 3.13. The summed E-state index contributed by atoms with van der Waals surface area (Å²) in [6, 6.07) is 14.1. The molecule has 1 heterocycles. The van der Waals surface area contributed by atoms with Crippen LogP contribution in [-0.4, -0.2) is 36.3 Å². The highest BCUT2D eigenvalue weighted by Gasteiger charge is 2.30. The second-order valence-corrected chi connectivity index (χ2v) is 9.15. The molecule has 1 amide bonds. The zero-order chi connectivity index (χ0) is 22.9. The van der Waals surface area contributed by atoms with Gasteiger partial charge in [0.15, 0.2) is 16.7 Å². The van der Waals surface area contributed by atoms with Crippen LogP contribution in [0.5, 0.6) is 11.5 Å². The van der Waals surface area contributed by atoms with E-state index in [1.807, 2.05) is 18.2 Å². The minimum Gasteiger partial charge on any atom is -0.493 e. The van der Waals surface area contributed by atoms with Crippen molar-refractivity contribution in [3.63, 3.8) is 0 Å². The van der Waals surface area contributed by atoms with E-state index in [1.54, 1.807) is 13.3 Å². The van der Waals surface area contributed by atoms with Crippen molar-refractivity contribution < 1.29 is 14.3 Å². The molecule has 1 saturated heterocycles. The Hall–Kier alpha value is -2.80. The molecule has 1 atom stereocenters. The Balaban J connectivity index is 1.59. The molecule has 0 spiro atoms. The monoisotopic (exact) mass is 453 g/mol. The topological polar surface area (TPSA) is 72.3 Å². The number of amides is 1. The van der Waals surface area contributed by atoms with E-state index in [1.165, 1.54) is 17.3 Å². The van der Waals surface area contributed by atoms with E-state index >= 15 is 0 Å². The fraction of sp³-hybridized carbons (Fsp3) is 0.400. The fourth-order valence-electron chi connectivity index (χ4n) is 3.20. The van der Waals surface area contributed by atoms with Gasteiger partial charge in [-0.2, -0.15) is 5.10 Å². The van der Waals surface area contributed by atoms with Crippen LogP contribution < -0.4 is 14.8 Å². The molecule has 0 bridgehead atoms. The van der Waals surface area contributed by atoms with Gasteiger partial charge in [0.2, 0.25) is 5.91 Å². The molecule has 1 fully saturated rings. The number of nitrogens with one attached hydrogen (secondary N) is 1. The molecule has 1 N–H and O–H groups in total. The molecule has 1 aliphatic rings. The van der Waals surface area contributed by atoms with Crippen LogP contribution >= 0.6 is 11.8 Å². The van der Waals surface area contributed by atoms with Gasteiger partial charge in [-0.3, -0.25) is 4.79 Å². The largest absolute Gasteiger partial charge is 0.493 e. The number of nitrogens with zero attached hydrogens (tertiary/aromatic N) is 2. The van der Waals surface area contributed by atoms with Crippen LogP contribution in [0.15, 0.2) is 52.7 Å². The molecular formula is C25H31N3O3S. The van der Waals surface area contributed by atoms with Crippen molar-refractivity contribution in [2.75, 3.05) is 13.7 Å². The lowest BCUT2D eigenvalue weighted by Crippen LogP contribution is -2.25. The number of carbonyl (C=O) groups excluding carboxylic acids is 1. The van der Waals surface area contributed by atoms with Crippen molar-refractivity contribution in [3.8, 4) is 11.5 Å². The fourth-order valence-corrected chi connectivity index (χ4v) is 4.16. The summed E-state index contributed by atoms with van der Waals surface area (Å²) in [5.41, 5.74) is 3.27. The Morgan fingerprint density at radius 2 is 1.94 bits per heavy atom. The first kappa shape index (κ1) is 23.9. The average molecular weight is 454 g/mol. The first-order valence-electron chi connectivity index (χ1n) is 11.0. The molecule has 0 aromatic heterocycles. The van der Waals surface area contributed by atoms with E-state index < -0.39 is 0 Å². The molecule has 0 saturated carbocycles. The minimum atomic E-state index is -0.200. The number of thioether (sulfide) groups is 1. The van der Waals surface area contributed by atoms with Gasteiger partial charge < -0.3 is 14.8 Å². The molecule has 1 aliphatic heterocycles. The molecule has 170 valence electrons. The van der Waals surface area contributed by atoms with E-state index in [0.29, 0.717) is 35.6 Å². The number of hydrogen-bond acceptors (Lipinski definition) is 6. The summed E-state index contributed by atoms with van der Waals surface area (Å²) in [5.74, 6) is 1.83. The van der Waals surface area contributed by atoms with Gasteiger partial charge in [-0.1, -0.05) is 63.2 Å². The van der Waals surface area contributed by atoms with E-state index in [0.717, 1.165) is 24.0 Å². The molecular weight excluding hydrogens is 422 g/mol. The highest BCUT2D eigenvalue weighted by molar-refractivity contribution is 8.15. The lowest BCUT2D eigenvalue weighted by Gasteiger charge is -2.10. The predicted octanol–water partition coefficient (Wildman–Crippen LogP) is 5.16. The van der Waals surface area contributed by atoms with Gasteiger partial charge in [0.25, 0.3) is 0 Å². The van der Waals surface area contributed by atoms with Gasteiger partial charge in [-0.05, 0) is 53.6 Å². The summed E-state index contributed by atoms with van der Waals surface area (Å²) in [7, 11) is 1.62. The number of benzene rings is 2. The second-order valence-electron chi connectivity index (χ2n) is 7.96. The van der Waals surface area contributed by atoms with Crippen LogP contribution in [0, 0.1) is 0 Å². The van der Waals surface area contributed by atoms with Crippen LogP contribution in [0.25, 0.3) is 0 Å². The predicted molar refractivity (Wildman–Crippen MR) is 132 cm³/mol. The number of methoxy groups -OCH3 is 1. The Labute approximate surface area is 194 Å². The molecule has 2 aromatic rings. The lowest BCUT2D eigenvalue weighted by atomic mass is 10.0. The first-order valence-corrected chi connectivity index (χ1v) is 11.9. The smallest absolute Gasteiger partial charge is 0.239 e. The van der Waals surface area contributed by atoms with Gasteiger partial charge in [0.05, 0.1) is 25.2 Å². The number of hydrogen-bond donors (Lipinski definition) is 1. The summed E-state index contributed by atoms with van der Waals surface area (Å²) in [5, 5.41) is 11.5. The standard InChI is InChI=1S/C25H31N3O3S/c1-5-6-13-31-21-12-9-19(14-22(21)30-4)16-26-28-25-27-24(29)23(32-25)15-18-7-10-20(11-8-18)17(2)3/h7-12,14,16-17,23H,5-6,13,15H2,1-4H3,(H,27,28,29). The van der Waals surface area contributed by atoms with Crippen molar-refractivity contribution >= 4 is 29.1 Å². The Morgan fingerprint density at radius 3 is 2.62 bits per heavy atom. The second kappa shape index (κ2) is 11.7. The molecule has 1 unspecified atom stereocenters. The number of ether oxygens (including phenoxy) is 2. The van der Waals surface area contributed by atoms with Crippen molar-refractivity contribution in [2.45, 2.75) is 51.2 Å². The van der Waals surface area contributed by atoms with E-state index in [-0.39, 0.29) is 11.2 Å². The van der Waals surface area contributed by atoms with E-state index in [2.05, 4.69) is 60.6 Å². The third-order valence-electron chi connectivity index (χ3n) is 5.14. The highest BCUT2D eigenvalue weighted by Crippen LogP contribution is 2.28. The Bertz CT molecular complexity index is 971. The van der Waals surface area contributed by atoms with Crippen LogP contribution in [0.3, 0.4) is 0 Å². The van der Waals surface area contributed by atoms with Gasteiger partial charge in [0.1, 0.15) is 0 Å².